The molecule has 0 bridgehead atoms. The quantitative estimate of drug-likeness (QED) is 0.546. The summed E-state index contributed by atoms with van der Waals surface area (Å²) >= 11 is 7.20. The van der Waals surface area contributed by atoms with Crippen molar-refractivity contribution in [2.75, 3.05) is 5.73 Å². The number of carbonyl (C=O) groups is 1. The van der Waals surface area contributed by atoms with Crippen LogP contribution in [-0.2, 0) is 11.3 Å². The van der Waals surface area contributed by atoms with Gasteiger partial charge in [-0.15, -0.1) is 11.3 Å². The fraction of sp³-hybridized carbons (Fsp3) is 0.0588. The second kappa shape index (κ2) is 6.98. The third kappa shape index (κ3) is 3.72. The number of ether oxygens (including phenoxy) is 1. The van der Waals surface area contributed by atoms with Crippen molar-refractivity contribution in [1.82, 2.24) is 4.98 Å². The zero-order valence-electron chi connectivity index (χ0n) is 12.3. The van der Waals surface area contributed by atoms with Crippen molar-refractivity contribution in [2.45, 2.75) is 6.61 Å². The minimum absolute atomic E-state index is 0.0264. The van der Waals surface area contributed by atoms with E-state index in [1.807, 2.05) is 0 Å². The monoisotopic (exact) mass is 362 g/mol. The summed E-state index contributed by atoms with van der Waals surface area (Å²) in [6.45, 7) is 0.0264. The Morgan fingerprint density at radius 1 is 1.25 bits per heavy atom. The first-order valence-corrected chi connectivity index (χ1v) is 8.21. The fourth-order valence-electron chi connectivity index (χ4n) is 2.04. The fourth-order valence-corrected chi connectivity index (χ4v) is 3.03. The molecule has 4 nitrogen and oxygen atoms in total. The molecule has 0 aliphatic heterocycles. The molecule has 0 atom stereocenters. The van der Waals surface area contributed by atoms with E-state index in [-0.39, 0.29) is 23.7 Å². The number of carbonyl (C=O) groups excluding carboxylic acids is 1. The molecule has 0 aliphatic rings. The number of hydrogen-bond donors (Lipinski definition) is 1. The van der Waals surface area contributed by atoms with Gasteiger partial charge in [-0.1, -0.05) is 11.6 Å². The van der Waals surface area contributed by atoms with Crippen molar-refractivity contribution in [3.63, 3.8) is 0 Å². The first kappa shape index (κ1) is 16.4. The van der Waals surface area contributed by atoms with Gasteiger partial charge >= 0.3 is 5.97 Å². The average molecular weight is 363 g/mol. The Hall–Kier alpha value is -2.44. The largest absolute Gasteiger partial charge is 0.455 e. The molecular weight excluding hydrogens is 351 g/mol. The first-order valence-electron chi connectivity index (χ1n) is 6.95. The highest BCUT2D eigenvalue weighted by Gasteiger charge is 2.13. The van der Waals surface area contributed by atoms with Crippen molar-refractivity contribution in [3.8, 4) is 10.6 Å². The molecule has 0 saturated carbocycles. The second-order valence-electron chi connectivity index (χ2n) is 4.96. The number of benzene rings is 2. The van der Waals surface area contributed by atoms with Crippen LogP contribution in [0.3, 0.4) is 0 Å². The van der Waals surface area contributed by atoms with Crippen molar-refractivity contribution < 1.29 is 13.9 Å². The summed E-state index contributed by atoms with van der Waals surface area (Å²) in [7, 11) is 0. The summed E-state index contributed by atoms with van der Waals surface area (Å²) < 4.78 is 18.2. The van der Waals surface area contributed by atoms with Crippen molar-refractivity contribution in [1.29, 1.82) is 0 Å². The maximum absolute atomic E-state index is 12.9. The molecule has 3 rings (SSSR count). The van der Waals surface area contributed by atoms with Gasteiger partial charge in [-0.25, -0.2) is 14.2 Å². The highest BCUT2D eigenvalue weighted by Crippen LogP contribution is 2.25. The maximum atomic E-state index is 12.9. The Kier molecular flexibility index (Phi) is 4.78. The van der Waals surface area contributed by atoms with E-state index in [4.69, 9.17) is 22.1 Å². The highest BCUT2D eigenvalue weighted by atomic mass is 35.5. The Labute approximate surface area is 146 Å². The van der Waals surface area contributed by atoms with E-state index in [0.29, 0.717) is 10.7 Å². The number of nitrogens with two attached hydrogens (primary N) is 1. The van der Waals surface area contributed by atoms with E-state index in [9.17, 15) is 9.18 Å². The molecule has 0 unspecified atom stereocenters. The molecule has 122 valence electrons. The van der Waals surface area contributed by atoms with Gasteiger partial charge in [0.25, 0.3) is 0 Å². The molecule has 0 radical (unpaired) electrons. The molecule has 0 saturated heterocycles. The lowest BCUT2D eigenvalue weighted by Gasteiger charge is -2.06. The van der Waals surface area contributed by atoms with Crippen LogP contribution in [-0.4, -0.2) is 11.0 Å². The average Bonchev–Trinajstić information content (AvgIpc) is 3.02. The van der Waals surface area contributed by atoms with Crippen LogP contribution < -0.4 is 5.73 Å². The zero-order chi connectivity index (χ0) is 17.1. The second-order valence-corrected chi connectivity index (χ2v) is 6.25. The maximum Gasteiger partial charge on any atom is 0.340 e. The molecule has 0 amide bonds. The summed E-state index contributed by atoms with van der Waals surface area (Å²) in [5.41, 5.74) is 7.69. The predicted octanol–water partition coefficient (Wildman–Crippen LogP) is 4.54. The topological polar surface area (TPSA) is 65.2 Å². The normalized spacial score (nSPS) is 10.6. The van der Waals surface area contributed by atoms with E-state index >= 15 is 0 Å². The van der Waals surface area contributed by atoms with Gasteiger partial charge in [0.05, 0.1) is 11.3 Å². The summed E-state index contributed by atoms with van der Waals surface area (Å²) in [5.74, 6) is -0.842. The smallest absolute Gasteiger partial charge is 0.340 e. The highest BCUT2D eigenvalue weighted by molar-refractivity contribution is 7.13. The molecule has 24 heavy (non-hydrogen) atoms. The van der Waals surface area contributed by atoms with E-state index in [1.165, 1.54) is 35.6 Å². The molecule has 2 aromatic carbocycles. The van der Waals surface area contributed by atoms with Gasteiger partial charge in [0, 0.05) is 21.7 Å². The molecule has 1 aromatic heterocycles. The predicted molar refractivity (Wildman–Crippen MR) is 92.5 cm³/mol. The third-order valence-electron chi connectivity index (χ3n) is 3.23. The number of rotatable bonds is 4. The Morgan fingerprint density at radius 3 is 2.71 bits per heavy atom. The molecule has 7 heteroatoms. The number of halogens is 2. The molecule has 3 aromatic rings. The van der Waals surface area contributed by atoms with Crippen LogP contribution in [0.2, 0.25) is 5.02 Å². The number of nitrogen functional groups attached to an aromatic ring is 1. The Bertz CT molecular complexity index is 881. The lowest BCUT2D eigenvalue weighted by molar-refractivity contribution is 0.0470. The number of esters is 1. The summed E-state index contributed by atoms with van der Waals surface area (Å²) in [5, 5.41) is 2.97. The Balaban J connectivity index is 1.67. The first-order chi connectivity index (χ1) is 11.5. The van der Waals surface area contributed by atoms with Crippen molar-refractivity contribution in [3.05, 3.63) is 69.9 Å². The lowest BCUT2D eigenvalue weighted by atomic mass is 10.2. The van der Waals surface area contributed by atoms with Gasteiger partial charge in [-0.3, -0.25) is 0 Å². The van der Waals surface area contributed by atoms with Crippen molar-refractivity contribution in [2.24, 2.45) is 0 Å². The number of hydrogen-bond acceptors (Lipinski definition) is 5. The van der Waals surface area contributed by atoms with Crippen LogP contribution >= 0.6 is 22.9 Å². The number of thiazole rings is 1. The van der Waals surface area contributed by atoms with Crippen LogP contribution in [0.15, 0.2) is 47.8 Å². The van der Waals surface area contributed by atoms with Crippen LogP contribution in [0.5, 0.6) is 0 Å². The minimum Gasteiger partial charge on any atom is -0.455 e. The van der Waals surface area contributed by atoms with Crippen molar-refractivity contribution >= 4 is 34.6 Å². The van der Waals surface area contributed by atoms with Gasteiger partial charge in [0.15, 0.2) is 0 Å². The molecule has 0 spiro atoms. The van der Waals surface area contributed by atoms with Gasteiger partial charge in [-0.2, -0.15) is 0 Å². The van der Waals surface area contributed by atoms with Crippen LogP contribution in [0.25, 0.3) is 10.6 Å². The van der Waals surface area contributed by atoms with E-state index in [1.54, 1.807) is 23.6 Å². The standard InChI is InChI=1S/C17H12ClFN2O2S/c18-11-3-6-14(15(20)7-11)17(22)23-8-13-9-24-16(21-13)10-1-4-12(19)5-2-10/h1-7,9H,8,20H2. The molecular formula is C17H12ClFN2O2S. The van der Waals surface area contributed by atoms with E-state index in [0.717, 1.165) is 10.6 Å². The SMILES string of the molecule is Nc1cc(Cl)ccc1C(=O)OCc1csc(-c2ccc(F)cc2)n1. The zero-order valence-corrected chi connectivity index (χ0v) is 13.9. The van der Waals surface area contributed by atoms with Gasteiger partial charge in [0.2, 0.25) is 0 Å². The third-order valence-corrected chi connectivity index (χ3v) is 4.40. The summed E-state index contributed by atoms with van der Waals surface area (Å²) in [6.07, 6.45) is 0. The van der Waals surface area contributed by atoms with E-state index < -0.39 is 5.97 Å². The number of nitrogens with zero attached hydrogens (tertiary/aromatic N) is 1. The summed E-state index contributed by atoms with van der Waals surface area (Å²) in [4.78, 5) is 16.4. The molecule has 0 aliphatic carbocycles. The molecule has 2 N–H and O–H groups in total. The lowest BCUT2D eigenvalue weighted by Crippen LogP contribution is -2.08. The van der Waals surface area contributed by atoms with Gasteiger partial charge in [-0.05, 0) is 42.5 Å². The van der Waals surface area contributed by atoms with Crippen LogP contribution in [0.4, 0.5) is 10.1 Å². The van der Waals surface area contributed by atoms with Gasteiger partial charge < -0.3 is 10.5 Å². The number of anilines is 1. The summed E-state index contributed by atoms with van der Waals surface area (Å²) in [6, 6.07) is 10.6. The molecule has 0 fully saturated rings. The van der Waals surface area contributed by atoms with E-state index in [2.05, 4.69) is 4.98 Å². The number of aromatic nitrogens is 1. The Morgan fingerprint density at radius 2 is 2.00 bits per heavy atom. The van der Waals surface area contributed by atoms with Gasteiger partial charge in [0.1, 0.15) is 17.4 Å². The van der Waals surface area contributed by atoms with Crippen LogP contribution in [0, 0.1) is 5.82 Å². The molecule has 1 heterocycles. The minimum atomic E-state index is -0.541. The van der Waals surface area contributed by atoms with Crippen LogP contribution in [0.1, 0.15) is 16.1 Å².